The largest absolute Gasteiger partial charge is 0.309 e. The van der Waals surface area contributed by atoms with E-state index in [0.717, 1.165) is 0 Å². The van der Waals surface area contributed by atoms with Crippen molar-refractivity contribution >= 4 is 43.4 Å². The first-order chi connectivity index (χ1) is 25.3. The molecular weight excluding hydrogens is 615 g/mol. The van der Waals surface area contributed by atoms with Crippen LogP contribution in [0.4, 0.5) is 0 Å². The Labute approximate surface area is 295 Å². The van der Waals surface area contributed by atoms with Gasteiger partial charge in [0.15, 0.2) is 0 Å². The molecule has 51 heavy (non-hydrogen) atoms. The molecule has 2 aliphatic rings. The molecule has 0 spiro atoms. The van der Waals surface area contributed by atoms with Gasteiger partial charge >= 0.3 is 0 Å². The average Bonchev–Trinajstić information content (AvgIpc) is 3.83. The SMILES string of the molecule is c1ccc(-n2c3ccc(-c4ccc5c6c(cccc46)-c4ccccc4-5)cc3c3cc(-c4ccc5c6c(cccc46)-c4ccccc4-5)ccc32)cc1. The van der Waals surface area contributed by atoms with Gasteiger partial charge in [-0.15, -0.1) is 0 Å². The second kappa shape index (κ2) is 9.94. The van der Waals surface area contributed by atoms with Crippen LogP contribution in [0.25, 0.3) is 116 Å². The molecule has 9 aromatic carbocycles. The minimum absolute atomic E-state index is 1.17. The van der Waals surface area contributed by atoms with Crippen LogP contribution in [-0.2, 0) is 0 Å². The molecule has 234 valence electrons. The van der Waals surface area contributed by atoms with Crippen molar-refractivity contribution in [2.24, 2.45) is 0 Å². The second-order valence-electron chi connectivity index (χ2n) is 14.0. The summed E-state index contributed by atoms with van der Waals surface area (Å²) < 4.78 is 2.42. The smallest absolute Gasteiger partial charge is 0.0541 e. The van der Waals surface area contributed by atoms with E-state index in [4.69, 9.17) is 0 Å². The molecule has 10 aromatic rings. The molecule has 0 aliphatic heterocycles. The van der Waals surface area contributed by atoms with Crippen LogP contribution in [0.15, 0.2) is 176 Å². The number of benzene rings is 9. The topological polar surface area (TPSA) is 4.93 Å². The molecule has 2 aliphatic carbocycles. The Morgan fingerprint density at radius 2 is 0.647 bits per heavy atom. The van der Waals surface area contributed by atoms with Crippen molar-refractivity contribution < 1.29 is 0 Å². The van der Waals surface area contributed by atoms with Gasteiger partial charge < -0.3 is 4.57 Å². The van der Waals surface area contributed by atoms with Crippen LogP contribution in [0.1, 0.15) is 0 Å². The fourth-order valence-corrected chi connectivity index (χ4v) is 9.33. The number of para-hydroxylation sites is 1. The molecule has 0 saturated carbocycles. The lowest BCUT2D eigenvalue weighted by Crippen LogP contribution is -1.93. The number of fused-ring (bicyclic) bond motifs is 9. The first kappa shape index (κ1) is 27.2. The third-order valence-corrected chi connectivity index (χ3v) is 11.5. The van der Waals surface area contributed by atoms with E-state index in [1.807, 2.05) is 0 Å². The van der Waals surface area contributed by atoms with Gasteiger partial charge in [-0.05, 0) is 125 Å². The summed E-state index contributed by atoms with van der Waals surface area (Å²) in [6.07, 6.45) is 0. The van der Waals surface area contributed by atoms with E-state index in [9.17, 15) is 0 Å². The van der Waals surface area contributed by atoms with Gasteiger partial charge in [-0.1, -0.05) is 140 Å². The van der Waals surface area contributed by atoms with Gasteiger partial charge in [0.2, 0.25) is 0 Å². The Bertz CT molecular complexity index is 2870. The van der Waals surface area contributed by atoms with Gasteiger partial charge in [-0.25, -0.2) is 0 Å². The average molecular weight is 644 g/mol. The summed E-state index contributed by atoms with van der Waals surface area (Å²) >= 11 is 0. The quantitative estimate of drug-likeness (QED) is 0.181. The highest BCUT2D eigenvalue weighted by Crippen LogP contribution is 2.51. The van der Waals surface area contributed by atoms with Gasteiger partial charge in [-0.2, -0.15) is 0 Å². The van der Waals surface area contributed by atoms with E-state index in [1.54, 1.807) is 0 Å². The normalized spacial score (nSPS) is 12.3. The van der Waals surface area contributed by atoms with Crippen molar-refractivity contribution in [2.45, 2.75) is 0 Å². The lowest BCUT2D eigenvalue weighted by molar-refractivity contribution is 1.18. The number of aromatic nitrogens is 1. The van der Waals surface area contributed by atoms with Gasteiger partial charge in [-0.3, -0.25) is 0 Å². The van der Waals surface area contributed by atoms with Crippen molar-refractivity contribution in [1.29, 1.82) is 0 Å². The highest BCUT2D eigenvalue weighted by Gasteiger charge is 2.24. The predicted molar refractivity (Wildman–Crippen MR) is 216 cm³/mol. The molecule has 0 saturated heterocycles. The minimum atomic E-state index is 1.17. The Balaban J connectivity index is 1.10. The Morgan fingerprint density at radius 1 is 0.255 bits per heavy atom. The molecule has 1 nitrogen and oxygen atoms in total. The number of hydrogen-bond acceptors (Lipinski definition) is 0. The fourth-order valence-electron chi connectivity index (χ4n) is 9.33. The maximum Gasteiger partial charge on any atom is 0.0541 e. The minimum Gasteiger partial charge on any atom is -0.309 e. The third-order valence-electron chi connectivity index (χ3n) is 11.5. The summed E-state index contributed by atoms with van der Waals surface area (Å²) in [5.41, 5.74) is 19.3. The van der Waals surface area contributed by atoms with Crippen molar-refractivity contribution in [2.75, 3.05) is 0 Å². The highest BCUT2D eigenvalue weighted by atomic mass is 15.0. The van der Waals surface area contributed by atoms with Crippen molar-refractivity contribution in [3.8, 4) is 72.4 Å². The van der Waals surface area contributed by atoms with Crippen LogP contribution in [0, 0.1) is 0 Å². The summed E-state index contributed by atoms with van der Waals surface area (Å²) in [4.78, 5) is 0. The Hall–Kier alpha value is -6.70. The summed E-state index contributed by atoms with van der Waals surface area (Å²) in [6.45, 7) is 0. The summed E-state index contributed by atoms with van der Waals surface area (Å²) in [6, 6.07) is 65.4. The van der Waals surface area contributed by atoms with Crippen LogP contribution >= 0.6 is 0 Å². The summed E-state index contributed by atoms with van der Waals surface area (Å²) in [5, 5.41) is 7.86. The van der Waals surface area contributed by atoms with Crippen LogP contribution in [-0.4, -0.2) is 4.57 Å². The molecule has 1 aromatic heterocycles. The monoisotopic (exact) mass is 643 g/mol. The lowest BCUT2D eigenvalue weighted by Gasteiger charge is -2.11. The molecule has 0 bridgehead atoms. The van der Waals surface area contributed by atoms with Crippen molar-refractivity contribution in [3.63, 3.8) is 0 Å². The van der Waals surface area contributed by atoms with Gasteiger partial charge in [0.25, 0.3) is 0 Å². The second-order valence-corrected chi connectivity index (χ2v) is 14.0. The maximum atomic E-state index is 2.43. The molecule has 1 heteroatoms. The van der Waals surface area contributed by atoms with E-state index >= 15 is 0 Å². The van der Waals surface area contributed by atoms with E-state index in [-0.39, 0.29) is 0 Å². The Morgan fingerprint density at radius 3 is 1.12 bits per heavy atom. The molecule has 0 fully saturated rings. The molecule has 0 N–H and O–H groups in total. The highest BCUT2D eigenvalue weighted by molar-refractivity contribution is 6.21. The van der Waals surface area contributed by atoms with E-state index < -0.39 is 0 Å². The number of rotatable bonds is 3. The number of hydrogen-bond donors (Lipinski definition) is 0. The summed E-state index contributed by atoms with van der Waals surface area (Å²) in [7, 11) is 0. The molecule has 0 unspecified atom stereocenters. The van der Waals surface area contributed by atoms with Gasteiger partial charge in [0.1, 0.15) is 0 Å². The van der Waals surface area contributed by atoms with Crippen molar-refractivity contribution in [1.82, 2.24) is 4.57 Å². The third kappa shape index (κ3) is 3.60. The molecule has 0 atom stereocenters. The lowest BCUT2D eigenvalue weighted by atomic mass is 9.92. The Kier molecular flexibility index (Phi) is 5.29. The zero-order valence-corrected chi connectivity index (χ0v) is 27.7. The standard InChI is InChI=1S/C50H29N/c1-2-10-32(11-3-1)51-47-26-20-30(33-22-24-43-37-14-6-4-12-35(37)41-18-8-16-39(33)49(41)43)28-45(47)46-29-31(21-27-48(46)51)34-23-25-44-38-15-7-5-13-36(38)42-19-9-17-40(34)50(42)44/h1-29H. The van der Waals surface area contributed by atoms with E-state index in [0.29, 0.717) is 0 Å². The van der Waals surface area contributed by atoms with Crippen LogP contribution in [0.5, 0.6) is 0 Å². The van der Waals surface area contributed by atoms with Crippen molar-refractivity contribution in [3.05, 3.63) is 176 Å². The predicted octanol–water partition coefficient (Wildman–Crippen LogP) is 13.7. The summed E-state index contributed by atoms with van der Waals surface area (Å²) in [5.74, 6) is 0. The van der Waals surface area contributed by atoms with Crippen LogP contribution < -0.4 is 0 Å². The maximum absolute atomic E-state index is 2.43. The zero-order valence-electron chi connectivity index (χ0n) is 27.7. The van der Waals surface area contributed by atoms with Gasteiger partial charge in [0, 0.05) is 16.5 Å². The molecule has 0 radical (unpaired) electrons. The molecule has 0 amide bonds. The van der Waals surface area contributed by atoms with E-state index in [1.165, 1.54) is 116 Å². The van der Waals surface area contributed by atoms with E-state index in [2.05, 4.69) is 180 Å². The molecular formula is C50H29N. The fraction of sp³-hybridized carbons (Fsp3) is 0. The molecule has 1 heterocycles. The van der Waals surface area contributed by atoms with Crippen LogP contribution in [0.2, 0.25) is 0 Å². The van der Waals surface area contributed by atoms with Crippen LogP contribution in [0.3, 0.4) is 0 Å². The number of nitrogens with zero attached hydrogens (tertiary/aromatic N) is 1. The zero-order chi connectivity index (χ0) is 33.2. The first-order valence-electron chi connectivity index (χ1n) is 17.8. The first-order valence-corrected chi connectivity index (χ1v) is 17.8. The molecule has 12 rings (SSSR count). The van der Waals surface area contributed by atoms with Gasteiger partial charge in [0.05, 0.1) is 11.0 Å².